The molecule has 6 heteroatoms. The fourth-order valence-electron chi connectivity index (χ4n) is 0.321. The van der Waals surface area contributed by atoms with E-state index in [9.17, 15) is 19.8 Å². The van der Waals surface area contributed by atoms with E-state index >= 15 is 0 Å². The third-order valence-electron chi connectivity index (χ3n) is 1.02. The van der Waals surface area contributed by atoms with Crippen molar-refractivity contribution < 1.29 is 123 Å². The van der Waals surface area contributed by atoms with Crippen molar-refractivity contribution >= 4 is 11.9 Å². The summed E-state index contributed by atoms with van der Waals surface area (Å²) < 4.78 is 0. The fraction of sp³-hybridized carbons (Fsp3) is 0.750. The maximum atomic E-state index is 9.65. The smallest absolute Gasteiger partial charge is 0.550 e. The number of hydrogen-bond donors (Lipinski definition) is 0. The van der Waals surface area contributed by atoms with Gasteiger partial charge in [0, 0.05) is 11.9 Å². The van der Waals surface area contributed by atoms with Crippen LogP contribution >= 0.6 is 0 Å². The summed E-state index contributed by atoms with van der Waals surface area (Å²) in [5.74, 6) is -1.94. The van der Waals surface area contributed by atoms with E-state index < -0.39 is 11.9 Å². The largest absolute Gasteiger partial charge is 1.00 e. The Balaban J connectivity index is -0.0000000651. The van der Waals surface area contributed by atoms with Gasteiger partial charge in [-0.3, -0.25) is 0 Å². The molecule has 0 aromatic rings. The van der Waals surface area contributed by atoms with Crippen LogP contribution in [-0.4, -0.2) is 11.9 Å². The third-order valence-corrected chi connectivity index (χ3v) is 1.02. The van der Waals surface area contributed by atoms with Crippen molar-refractivity contribution in [3.63, 3.8) is 0 Å². The quantitative estimate of drug-likeness (QED) is 0.466. The van der Waals surface area contributed by atoms with Crippen molar-refractivity contribution in [1.82, 2.24) is 0 Å². The molecule has 0 atom stereocenters. The number of unbranched alkanes of at least 4 members (excludes halogenated alkanes) is 1. The Labute approximate surface area is 170 Å². The normalized spacial score (nSPS) is 7.00. The zero-order valence-corrected chi connectivity index (χ0v) is 15.7. The van der Waals surface area contributed by atoms with E-state index in [0.29, 0.717) is 0 Å². The minimum atomic E-state index is -0.995. The van der Waals surface area contributed by atoms with Gasteiger partial charge in [-0.25, -0.2) is 0 Å². The van der Waals surface area contributed by atoms with Crippen LogP contribution < -0.4 is 113 Å². The molecule has 0 unspecified atom stereocenters. The molecule has 0 rings (SSSR count). The topological polar surface area (TPSA) is 80.3 Å². The van der Waals surface area contributed by atoms with Gasteiger partial charge in [-0.1, -0.05) is 20.3 Å². The first-order valence-corrected chi connectivity index (χ1v) is 3.94. The van der Waals surface area contributed by atoms with Crippen LogP contribution in [-0.2, 0) is 9.59 Å². The van der Waals surface area contributed by atoms with Crippen LogP contribution in [0.2, 0.25) is 0 Å². The molecule has 0 saturated heterocycles. The summed E-state index contributed by atoms with van der Waals surface area (Å²) in [5.41, 5.74) is 0. The van der Waals surface area contributed by atoms with E-state index in [4.69, 9.17) is 0 Å². The maximum Gasteiger partial charge on any atom is 1.00 e. The fourth-order valence-corrected chi connectivity index (χ4v) is 0.321. The van der Waals surface area contributed by atoms with Gasteiger partial charge in [0.25, 0.3) is 0 Å². The van der Waals surface area contributed by atoms with Crippen molar-refractivity contribution in [2.24, 2.45) is 0 Å². The van der Waals surface area contributed by atoms with Gasteiger partial charge in [0.2, 0.25) is 0 Å². The molecule has 0 aliphatic carbocycles. The van der Waals surface area contributed by atoms with Crippen molar-refractivity contribution in [2.45, 2.75) is 39.5 Å². The molecule has 72 valence electrons. The number of carbonyl (C=O) groups is 2. The molecule has 0 N–H and O–H groups in total. The van der Waals surface area contributed by atoms with E-state index in [0.717, 1.165) is 12.8 Å². The van der Waals surface area contributed by atoms with Gasteiger partial charge >= 0.3 is 103 Å². The number of carbonyl (C=O) groups excluding carboxylic acids is 2. The van der Waals surface area contributed by atoms with E-state index in [1.165, 1.54) is 6.92 Å². The van der Waals surface area contributed by atoms with Gasteiger partial charge < -0.3 is 19.8 Å². The Morgan fingerprint density at radius 2 is 1.36 bits per heavy atom. The average Bonchev–Trinajstić information content (AvgIpc) is 2.02. The van der Waals surface area contributed by atoms with Crippen molar-refractivity contribution in [3.05, 3.63) is 0 Å². The molecular weight excluding hydrogens is 238 g/mol. The third kappa shape index (κ3) is 36.8. The van der Waals surface area contributed by atoms with Crippen LogP contribution in [0.1, 0.15) is 39.5 Å². The predicted octanol–water partition coefficient (Wildman–Crippen LogP) is -6.92. The second-order valence-corrected chi connectivity index (χ2v) is 2.20. The first-order chi connectivity index (χ1) is 5.54. The van der Waals surface area contributed by atoms with Crippen LogP contribution in [0.25, 0.3) is 0 Å². The van der Waals surface area contributed by atoms with Gasteiger partial charge in [0.05, 0.1) is 0 Å². The second-order valence-electron chi connectivity index (χ2n) is 2.20. The van der Waals surface area contributed by atoms with Gasteiger partial charge in [-0.05, 0) is 19.3 Å². The van der Waals surface area contributed by atoms with Crippen LogP contribution in [0.4, 0.5) is 0 Å². The monoisotopic (exact) mass is 252 g/mol. The van der Waals surface area contributed by atoms with Gasteiger partial charge in [0.15, 0.2) is 0 Å². The zero-order valence-electron chi connectivity index (χ0n) is 9.46. The maximum absolute atomic E-state index is 9.65. The number of aliphatic carboxylic acids is 2. The molecule has 0 aromatic carbocycles. The molecule has 0 aliphatic rings. The summed E-state index contributed by atoms with van der Waals surface area (Å²) in [6.45, 7) is 3.48. The van der Waals surface area contributed by atoms with E-state index in [-0.39, 0.29) is 116 Å². The molecule has 0 fully saturated rings. The SMILES string of the molecule is CCC(=O)[O-].CCCCC(=O)[O-].[K+].[K+]. The first-order valence-electron chi connectivity index (χ1n) is 3.94. The van der Waals surface area contributed by atoms with Gasteiger partial charge in [-0.15, -0.1) is 0 Å². The van der Waals surface area contributed by atoms with Crippen molar-refractivity contribution in [2.75, 3.05) is 0 Å². The summed E-state index contributed by atoms with van der Waals surface area (Å²) in [6.07, 6.45) is 1.98. The van der Waals surface area contributed by atoms with Crippen LogP contribution in [0.15, 0.2) is 0 Å². The molecular formula is C8H14K2O4. The number of hydrogen-bond acceptors (Lipinski definition) is 4. The second kappa shape index (κ2) is 20.6. The summed E-state index contributed by atoms with van der Waals surface area (Å²) >= 11 is 0. The summed E-state index contributed by atoms with van der Waals surface area (Å²) in [5, 5.41) is 18.9. The van der Waals surface area contributed by atoms with E-state index in [1.807, 2.05) is 6.92 Å². The van der Waals surface area contributed by atoms with Gasteiger partial charge in [-0.2, -0.15) is 0 Å². The van der Waals surface area contributed by atoms with E-state index in [1.54, 1.807) is 0 Å². The zero-order chi connectivity index (χ0) is 9.98. The minimum absolute atomic E-state index is 0. The molecule has 0 spiro atoms. The molecule has 0 amide bonds. The van der Waals surface area contributed by atoms with Gasteiger partial charge in [0.1, 0.15) is 0 Å². The van der Waals surface area contributed by atoms with Crippen LogP contribution in [0.5, 0.6) is 0 Å². The molecule has 14 heavy (non-hydrogen) atoms. The first kappa shape index (κ1) is 25.2. The van der Waals surface area contributed by atoms with Crippen LogP contribution in [0.3, 0.4) is 0 Å². The van der Waals surface area contributed by atoms with Crippen molar-refractivity contribution in [1.29, 1.82) is 0 Å². The Morgan fingerprint density at radius 1 is 1.00 bits per heavy atom. The molecule has 0 radical (unpaired) electrons. The number of carboxylic acids is 2. The van der Waals surface area contributed by atoms with Crippen LogP contribution in [0, 0.1) is 0 Å². The molecule has 4 nitrogen and oxygen atoms in total. The van der Waals surface area contributed by atoms with Crippen molar-refractivity contribution in [3.8, 4) is 0 Å². The average molecular weight is 252 g/mol. The minimum Gasteiger partial charge on any atom is -0.550 e. The Kier molecular flexibility index (Phi) is 37.0. The number of carboxylic acid groups (broad SMARTS) is 2. The Hall–Kier alpha value is 2.21. The molecule has 0 aromatic heterocycles. The predicted molar refractivity (Wildman–Crippen MR) is 39.8 cm³/mol. The summed E-state index contributed by atoms with van der Waals surface area (Å²) in [4.78, 5) is 18.9. The van der Waals surface area contributed by atoms with E-state index in [2.05, 4.69) is 0 Å². The molecule has 0 saturated carbocycles. The summed E-state index contributed by atoms with van der Waals surface area (Å²) in [7, 11) is 0. The molecule has 0 bridgehead atoms. The number of rotatable bonds is 4. The Bertz CT molecular complexity index is 139. The molecule has 0 aliphatic heterocycles. The standard InChI is InChI=1S/C5H10O2.C3H6O2.2K/c1-2-3-4-5(6)7;1-2-3(4)5;;/h2-4H2,1H3,(H,6,7);2H2,1H3,(H,4,5);;/q;;2*+1/p-2. The Morgan fingerprint density at radius 3 is 1.43 bits per heavy atom. The molecule has 0 heterocycles. The summed E-state index contributed by atoms with van der Waals surface area (Å²) in [6, 6.07) is 0.